The average Bonchev–Trinajstić information content (AvgIpc) is 3.00. The van der Waals surface area contributed by atoms with Gasteiger partial charge in [0.15, 0.2) is 22.5 Å². The van der Waals surface area contributed by atoms with E-state index < -0.39 is 11.7 Å². The van der Waals surface area contributed by atoms with Crippen molar-refractivity contribution in [1.29, 1.82) is 0 Å². The third-order valence-electron chi connectivity index (χ3n) is 8.01. The van der Waals surface area contributed by atoms with Crippen molar-refractivity contribution in [3.63, 3.8) is 0 Å². The second-order valence-corrected chi connectivity index (χ2v) is 11.7. The molecule has 2 fully saturated rings. The topological polar surface area (TPSA) is 140 Å². The Kier molecular flexibility index (Phi) is 12.4. The van der Waals surface area contributed by atoms with Crippen LogP contribution in [0.1, 0.15) is 55.1 Å². The van der Waals surface area contributed by atoms with Gasteiger partial charge >= 0.3 is 0 Å². The Morgan fingerprint density at radius 1 is 1.16 bits per heavy atom. The Morgan fingerprint density at radius 3 is 2.63 bits per heavy atom. The Balaban J connectivity index is 1.38. The number of carbonyl (C=O) groups excluding carboxylic acids is 1. The van der Waals surface area contributed by atoms with Gasteiger partial charge in [0.2, 0.25) is 0 Å². The van der Waals surface area contributed by atoms with Gasteiger partial charge in [-0.3, -0.25) is 14.6 Å². The van der Waals surface area contributed by atoms with Crippen LogP contribution in [-0.2, 0) is 6.54 Å². The number of piperidine rings is 1. The summed E-state index contributed by atoms with van der Waals surface area (Å²) >= 11 is 12.5. The van der Waals surface area contributed by atoms with E-state index in [-0.39, 0.29) is 41.4 Å². The van der Waals surface area contributed by atoms with Gasteiger partial charge in [-0.1, -0.05) is 36.5 Å². The normalized spacial score (nSPS) is 18.7. The number of hydrogen-bond donors (Lipinski definition) is 4. The number of likely N-dealkylation sites (tertiary alicyclic amines) is 1. The number of aromatic nitrogens is 2. The van der Waals surface area contributed by atoms with E-state index in [0.29, 0.717) is 49.8 Å². The molecule has 1 amide bonds. The number of aliphatic hydroxyl groups is 2. The number of hydrogen-bond acceptors (Lipinski definition) is 10. The summed E-state index contributed by atoms with van der Waals surface area (Å²) in [5.74, 6) is 0.0360. The number of ether oxygens (including phenoxy) is 1. The molecule has 0 spiro atoms. The van der Waals surface area contributed by atoms with Crippen LogP contribution in [0.15, 0.2) is 12.1 Å². The van der Waals surface area contributed by atoms with Crippen molar-refractivity contribution in [2.75, 3.05) is 69.7 Å². The zero-order valence-corrected chi connectivity index (χ0v) is 26.1. The van der Waals surface area contributed by atoms with Crippen LogP contribution < -0.4 is 20.7 Å². The first-order chi connectivity index (χ1) is 20.7. The van der Waals surface area contributed by atoms with E-state index in [1.54, 1.807) is 0 Å². The largest absolute Gasteiger partial charge is 0.493 e. The summed E-state index contributed by atoms with van der Waals surface area (Å²) in [7, 11) is 0. The number of nitrogens with two attached hydrogens (primary N) is 1. The molecule has 2 aliphatic heterocycles. The first-order valence-corrected chi connectivity index (χ1v) is 15.7. The minimum absolute atomic E-state index is 0.000735. The maximum atomic E-state index is 14.3. The van der Waals surface area contributed by atoms with Crippen molar-refractivity contribution in [2.45, 2.75) is 57.7 Å². The van der Waals surface area contributed by atoms with E-state index in [4.69, 9.17) is 43.9 Å². The number of rotatable bonds is 13. The Labute approximate surface area is 262 Å². The van der Waals surface area contributed by atoms with E-state index in [1.165, 1.54) is 12.1 Å². The van der Waals surface area contributed by atoms with E-state index in [9.17, 15) is 9.18 Å². The molecule has 43 heavy (non-hydrogen) atoms. The van der Waals surface area contributed by atoms with Crippen LogP contribution in [0.2, 0.25) is 10.2 Å². The molecular formula is C29H42Cl2FN7O4. The summed E-state index contributed by atoms with van der Waals surface area (Å²) in [4.78, 5) is 28.0. The van der Waals surface area contributed by atoms with Gasteiger partial charge in [-0.2, -0.15) is 0 Å². The maximum absolute atomic E-state index is 14.3. The van der Waals surface area contributed by atoms with Gasteiger partial charge in [0.05, 0.1) is 18.2 Å². The predicted molar refractivity (Wildman–Crippen MR) is 165 cm³/mol. The molecule has 0 bridgehead atoms. The molecular weight excluding hydrogens is 600 g/mol. The molecule has 2 aromatic rings. The Morgan fingerprint density at radius 2 is 1.93 bits per heavy atom. The van der Waals surface area contributed by atoms with Crippen LogP contribution in [0.5, 0.6) is 5.75 Å². The number of nitrogen functional groups attached to an aromatic ring is 1. The van der Waals surface area contributed by atoms with Crippen molar-refractivity contribution >= 4 is 40.7 Å². The van der Waals surface area contributed by atoms with E-state index in [1.807, 2.05) is 0 Å². The van der Waals surface area contributed by atoms with Crippen LogP contribution >= 0.6 is 23.2 Å². The molecule has 5 N–H and O–H groups in total. The second kappa shape index (κ2) is 16.0. The van der Waals surface area contributed by atoms with Crippen molar-refractivity contribution < 1.29 is 24.1 Å². The van der Waals surface area contributed by atoms with Crippen molar-refractivity contribution in [2.24, 2.45) is 0 Å². The monoisotopic (exact) mass is 641 g/mol. The van der Waals surface area contributed by atoms with Crippen LogP contribution in [0.25, 0.3) is 0 Å². The zero-order chi connectivity index (χ0) is 30.9. The summed E-state index contributed by atoms with van der Waals surface area (Å²) in [6, 6.07) is 3.68. The first-order valence-electron chi connectivity index (χ1n) is 14.9. The molecule has 238 valence electrons. The second-order valence-electron chi connectivity index (χ2n) is 11.0. The lowest BCUT2D eigenvalue weighted by Gasteiger charge is -2.48. The number of halogens is 3. The van der Waals surface area contributed by atoms with Crippen molar-refractivity contribution in [3.05, 3.63) is 39.4 Å². The number of benzene rings is 1. The molecule has 3 heterocycles. The highest BCUT2D eigenvalue weighted by Gasteiger charge is 2.35. The fraction of sp³-hybridized carbons (Fsp3) is 0.621. The van der Waals surface area contributed by atoms with Crippen molar-refractivity contribution in [1.82, 2.24) is 25.1 Å². The summed E-state index contributed by atoms with van der Waals surface area (Å²) in [6.07, 6.45) is 4.51. The highest BCUT2D eigenvalue weighted by Crippen LogP contribution is 2.32. The third kappa shape index (κ3) is 8.58. The van der Waals surface area contributed by atoms with Crippen LogP contribution in [-0.4, -0.2) is 107 Å². The molecule has 1 atom stereocenters. The number of amides is 1. The fourth-order valence-electron chi connectivity index (χ4n) is 5.90. The molecule has 0 radical (unpaired) electrons. The van der Waals surface area contributed by atoms with Gasteiger partial charge in [0, 0.05) is 69.5 Å². The van der Waals surface area contributed by atoms with E-state index in [0.717, 1.165) is 57.4 Å². The quantitative estimate of drug-likeness (QED) is 0.241. The van der Waals surface area contributed by atoms with Gasteiger partial charge in [-0.05, 0) is 38.4 Å². The highest BCUT2D eigenvalue weighted by atomic mass is 35.5. The minimum Gasteiger partial charge on any atom is -0.493 e. The molecule has 4 rings (SSSR count). The lowest BCUT2D eigenvalue weighted by atomic mass is 9.97. The number of piperazine rings is 1. The third-order valence-corrected chi connectivity index (χ3v) is 8.55. The molecule has 1 aromatic carbocycles. The van der Waals surface area contributed by atoms with Crippen LogP contribution in [0.3, 0.4) is 0 Å². The highest BCUT2D eigenvalue weighted by molar-refractivity contribution is 6.32. The zero-order valence-electron chi connectivity index (χ0n) is 24.6. The lowest BCUT2D eigenvalue weighted by Crippen LogP contribution is -2.58. The standard InChI is InChI=1S/C29H42Cl2FN7O4/c1-2-4-21-18-38(28-26(31)35-25(27(33)36-28)29(42)34-7-13-41)10-11-39(21)20-5-8-37(9-6-20)17-19-15-23(32)22(30)16-24(19)43-14-3-12-40/h15-16,20-21,40-41H,2-14,17-18H2,1H3,(H2,33,36)(H,34,42)/t21-/m0/s1. The number of anilines is 2. The minimum atomic E-state index is -0.529. The predicted octanol–water partition coefficient (Wildman–Crippen LogP) is 2.94. The molecule has 0 saturated carbocycles. The average molecular weight is 643 g/mol. The van der Waals surface area contributed by atoms with Gasteiger partial charge in [-0.25, -0.2) is 14.4 Å². The van der Waals surface area contributed by atoms with Gasteiger partial charge in [0.1, 0.15) is 11.6 Å². The van der Waals surface area contributed by atoms with Gasteiger partial charge < -0.3 is 30.9 Å². The smallest absolute Gasteiger partial charge is 0.273 e. The summed E-state index contributed by atoms with van der Waals surface area (Å²) in [6.45, 7) is 6.98. The number of nitrogens with one attached hydrogen (secondary N) is 1. The number of carbonyl (C=O) groups is 1. The summed E-state index contributed by atoms with van der Waals surface area (Å²) in [5.41, 5.74) is 6.79. The Hall–Kier alpha value is -2.48. The maximum Gasteiger partial charge on any atom is 0.273 e. The molecule has 2 aliphatic rings. The van der Waals surface area contributed by atoms with Crippen LogP contribution in [0, 0.1) is 5.82 Å². The first kappa shape index (κ1) is 33.4. The Bertz CT molecular complexity index is 1240. The summed E-state index contributed by atoms with van der Waals surface area (Å²) < 4.78 is 20.1. The SMILES string of the molecule is CCC[C@H]1CN(c2nc(N)c(C(=O)NCCO)nc2Cl)CCN1C1CCN(Cc2cc(F)c(Cl)cc2OCCCO)CC1. The van der Waals surface area contributed by atoms with E-state index >= 15 is 0 Å². The van der Waals surface area contributed by atoms with Gasteiger partial charge in [-0.15, -0.1) is 0 Å². The van der Waals surface area contributed by atoms with E-state index in [2.05, 4.69) is 36.9 Å². The molecule has 14 heteroatoms. The summed E-state index contributed by atoms with van der Waals surface area (Å²) in [5, 5.41) is 20.7. The molecule has 0 unspecified atom stereocenters. The molecule has 2 saturated heterocycles. The van der Waals surface area contributed by atoms with Crippen LogP contribution in [0.4, 0.5) is 16.0 Å². The lowest BCUT2D eigenvalue weighted by molar-refractivity contribution is 0.0586. The van der Waals surface area contributed by atoms with Gasteiger partial charge in [0.25, 0.3) is 5.91 Å². The molecule has 0 aliphatic carbocycles. The van der Waals surface area contributed by atoms with Crippen molar-refractivity contribution in [3.8, 4) is 5.75 Å². The fourth-order valence-corrected chi connectivity index (χ4v) is 6.30. The molecule has 1 aromatic heterocycles. The number of nitrogens with zero attached hydrogens (tertiary/aromatic N) is 5. The molecule has 11 nitrogen and oxygen atoms in total. The number of aliphatic hydroxyl groups excluding tert-OH is 2.